The molecule has 1 aromatic heterocycles. The summed E-state index contributed by atoms with van der Waals surface area (Å²) in [5.74, 6) is 1.18. The minimum atomic E-state index is -0.762. The number of aliphatic carboxylic acids is 1. The van der Waals surface area contributed by atoms with E-state index in [9.17, 15) is 4.79 Å². The van der Waals surface area contributed by atoms with E-state index in [0.29, 0.717) is 0 Å². The quantitative estimate of drug-likeness (QED) is 0.829. The van der Waals surface area contributed by atoms with Gasteiger partial charge in [-0.1, -0.05) is 13.8 Å². The Morgan fingerprint density at radius 2 is 2.40 bits per heavy atom. The number of aryl methyl sites for hydroxylation is 1. The molecule has 1 unspecified atom stereocenters. The maximum Gasteiger partial charge on any atom is 0.304 e. The minimum absolute atomic E-state index is 0.0498. The second kappa shape index (κ2) is 3.68. The van der Waals surface area contributed by atoms with E-state index in [1.807, 2.05) is 13.8 Å². The van der Waals surface area contributed by atoms with Gasteiger partial charge in [-0.3, -0.25) is 4.79 Å². The van der Waals surface area contributed by atoms with Crippen LogP contribution in [0.2, 0.25) is 0 Å². The van der Waals surface area contributed by atoms with Gasteiger partial charge in [-0.25, -0.2) is 4.98 Å². The monoisotopic (exact) mass is 209 g/mol. The molecule has 0 aliphatic heterocycles. The summed E-state index contributed by atoms with van der Waals surface area (Å²) in [4.78, 5) is 15.0. The molecule has 0 saturated heterocycles. The molecule has 15 heavy (non-hydrogen) atoms. The highest BCUT2D eigenvalue weighted by atomic mass is 16.4. The molecule has 0 spiro atoms. The average molecular weight is 209 g/mol. The molecule has 0 fully saturated rings. The molecule has 0 aromatic carbocycles. The van der Waals surface area contributed by atoms with E-state index >= 15 is 0 Å². The van der Waals surface area contributed by atoms with E-state index in [2.05, 4.69) is 4.98 Å². The van der Waals surface area contributed by atoms with Gasteiger partial charge in [0.25, 0.3) is 0 Å². The summed E-state index contributed by atoms with van der Waals surface area (Å²) in [6.07, 6.45) is 1.84. The Hall–Kier alpha value is -1.32. The summed E-state index contributed by atoms with van der Waals surface area (Å²) in [6.45, 7) is 4.04. The van der Waals surface area contributed by atoms with Crippen LogP contribution in [0.4, 0.5) is 0 Å². The van der Waals surface area contributed by atoms with Gasteiger partial charge in [0.05, 0.1) is 12.1 Å². The predicted molar refractivity (Wildman–Crippen MR) is 53.9 cm³/mol. The highest BCUT2D eigenvalue weighted by Gasteiger charge is 2.30. The van der Waals surface area contributed by atoms with Gasteiger partial charge in [0, 0.05) is 18.3 Å². The first-order chi connectivity index (χ1) is 7.08. The number of oxazole rings is 1. The minimum Gasteiger partial charge on any atom is -0.481 e. The Kier molecular flexibility index (Phi) is 2.50. The van der Waals surface area contributed by atoms with Crippen molar-refractivity contribution in [1.82, 2.24) is 4.98 Å². The molecule has 0 saturated carbocycles. The van der Waals surface area contributed by atoms with Crippen LogP contribution in [0.1, 0.15) is 55.9 Å². The van der Waals surface area contributed by atoms with Crippen molar-refractivity contribution in [2.24, 2.45) is 0 Å². The first-order valence-corrected chi connectivity index (χ1v) is 5.29. The van der Waals surface area contributed by atoms with Gasteiger partial charge in [0.1, 0.15) is 5.76 Å². The van der Waals surface area contributed by atoms with Gasteiger partial charge < -0.3 is 9.52 Å². The van der Waals surface area contributed by atoms with Crippen molar-refractivity contribution in [1.29, 1.82) is 0 Å². The zero-order chi connectivity index (χ0) is 11.0. The summed E-state index contributed by atoms with van der Waals surface area (Å²) >= 11 is 0. The second-order valence-corrected chi connectivity index (χ2v) is 4.35. The van der Waals surface area contributed by atoms with E-state index in [4.69, 9.17) is 9.52 Å². The van der Waals surface area contributed by atoms with Crippen molar-refractivity contribution >= 4 is 5.97 Å². The number of carboxylic acids is 1. The molecule has 1 atom stereocenters. The van der Waals surface area contributed by atoms with Crippen LogP contribution in [0, 0.1) is 0 Å². The Morgan fingerprint density at radius 3 is 3.00 bits per heavy atom. The number of fused-ring (bicyclic) bond motifs is 1. The molecule has 0 amide bonds. The summed E-state index contributed by atoms with van der Waals surface area (Å²) in [7, 11) is 0. The van der Waals surface area contributed by atoms with E-state index in [-0.39, 0.29) is 18.3 Å². The maximum absolute atomic E-state index is 10.6. The molecule has 0 radical (unpaired) electrons. The van der Waals surface area contributed by atoms with Crippen LogP contribution >= 0.6 is 0 Å². The lowest BCUT2D eigenvalue weighted by molar-refractivity contribution is -0.137. The highest BCUT2D eigenvalue weighted by Crippen LogP contribution is 2.36. The smallest absolute Gasteiger partial charge is 0.304 e. The summed E-state index contributed by atoms with van der Waals surface area (Å²) in [5.41, 5.74) is 0.876. The van der Waals surface area contributed by atoms with E-state index in [1.165, 1.54) is 0 Å². The van der Waals surface area contributed by atoms with Crippen molar-refractivity contribution in [3.8, 4) is 0 Å². The standard InChI is InChI=1S/C11H15NO3/c1-6(2)11-12-10-7(5-9(13)14)3-4-8(10)15-11/h6-7H,3-5H2,1-2H3,(H,13,14). The fourth-order valence-corrected chi connectivity index (χ4v) is 1.98. The van der Waals surface area contributed by atoms with Crippen LogP contribution in [0.15, 0.2) is 4.42 Å². The number of rotatable bonds is 3. The summed E-state index contributed by atoms with van der Waals surface area (Å²) in [6, 6.07) is 0. The third-order valence-electron chi connectivity index (χ3n) is 2.77. The molecule has 1 N–H and O–H groups in total. The molecule has 0 bridgehead atoms. The molecular formula is C11H15NO3. The van der Waals surface area contributed by atoms with E-state index < -0.39 is 5.97 Å². The van der Waals surface area contributed by atoms with Gasteiger partial charge in [-0.05, 0) is 6.42 Å². The van der Waals surface area contributed by atoms with Crippen molar-refractivity contribution in [3.63, 3.8) is 0 Å². The third kappa shape index (κ3) is 1.89. The zero-order valence-corrected chi connectivity index (χ0v) is 8.99. The highest BCUT2D eigenvalue weighted by molar-refractivity contribution is 5.68. The molecule has 1 aliphatic carbocycles. The Balaban J connectivity index is 2.22. The first kappa shape index (κ1) is 10.2. The van der Waals surface area contributed by atoms with Crippen molar-refractivity contribution < 1.29 is 14.3 Å². The number of hydrogen-bond acceptors (Lipinski definition) is 3. The van der Waals surface area contributed by atoms with Gasteiger partial charge in [0.2, 0.25) is 0 Å². The lowest BCUT2D eigenvalue weighted by atomic mass is 10.0. The Labute approximate surface area is 88.3 Å². The van der Waals surface area contributed by atoms with Crippen LogP contribution in [0.3, 0.4) is 0 Å². The second-order valence-electron chi connectivity index (χ2n) is 4.35. The van der Waals surface area contributed by atoms with Crippen molar-refractivity contribution in [3.05, 3.63) is 17.3 Å². The van der Waals surface area contributed by atoms with Gasteiger partial charge in [-0.2, -0.15) is 0 Å². The van der Waals surface area contributed by atoms with E-state index in [0.717, 1.165) is 30.2 Å². The van der Waals surface area contributed by atoms with Crippen LogP contribution in [0.5, 0.6) is 0 Å². The van der Waals surface area contributed by atoms with Crippen molar-refractivity contribution in [2.75, 3.05) is 0 Å². The number of nitrogens with zero attached hydrogens (tertiary/aromatic N) is 1. The number of aromatic nitrogens is 1. The van der Waals surface area contributed by atoms with E-state index in [1.54, 1.807) is 0 Å². The van der Waals surface area contributed by atoms with Crippen LogP contribution < -0.4 is 0 Å². The van der Waals surface area contributed by atoms with Gasteiger partial charge in [-0.15, -0.1) is 0 Å². The fraction of sp³-hybridized carbons (Fsp3) is 0.636. The van der Waals surface area contributed by atoms with Crippen LogP contribution in [-0.2, 0) is 11.2 Å². The third-order valence-corrected chi connectivity index (χ3v) is 2.77. The lowest BCUT2D eigenvalue weighted by Crippen LogP contribution is -2.04. The largest absolute Gasteiger partial charge is 0.481 e. The average Bonchev–Trinajstić information content (AvgIpc) is 2.66. The van der Waals surface area contributed by atoms with Crippen molar-refractivity contribution in [2.45, 2.75) is 44.9 Å². The zero-order valence-electron chi connectivity index (χ0n) is 8.99. The normalized spacial score (nSPS) is 19.5. The first-order valence-electron chi connectivity index (χ1n) is 5.29. The summed E-state index contributed by atoms with van der Waals surface area (Å²) < 4.78 is 5.60. The topological polar surface area (TPSA) is 63.3 Å². The number of carbonyl (C=O) groups is 1. The molecule has 4 nitrogen and oxygen atoms in total. The summed E-state index contributed by atoms with van der Waals surface area (Å²) in [5, 5.41) is 8.76. The number of hydrogen-bond donors (Lipinski definition) is 1. The van der Waals surface area contributed by atoms with Crippen LogP contribution in [-0.4, -0.2) is 16.1 Å². The lowest BCUT2D eigenvalue weighted by Gasteiger charge is -2.04. The van der Waals surface area contributed by atoms with Gasteiger partial charge in [0.15, 0.2) is 5.89 Å². The molecule has 82 valence electrons. The Bertz CT molecular complexity index is 381. The molecule has 1 heterocycles. The molecular weight excluding hydrogens is 194 g/mol. The maximum atomic E-state index is 10.6. The molecule has 1 aromatic rings. The van der Waals surface area contributed by atoms with Crippen LogP contribution in [0.25, 0.3) is 0 Å². The molecule has 1 aliphatic rings. The number of carboxylic acid groups (broad SMARTS) is 1. The molecule has 4 heteroatoms. The SMILES string of the molecule is CC(C)c1nc2c(o1)CCC2CC(=O)O. The molecule has 2 rings (SSSR count). The fourth-order valence-electron chi connectivity index (χ4n) is 1.98. The predicted octanol–water partition coefficient (Wildman–Crippen LogP) is 2.30. The Morgan fingerprint density at radius 1 is 1.67 bits per heavy atom. The van der Waals surface area contributed by atoms with Gasteiger partial charge >= 0.3 is 5.97 Å².